The summed E-state index contributed by atoms with van der Waals surface area (Å²) in [5.74, 6) is 1.54. The zero-order chi connectivity index (χ0) is 13.1. The highest BCUT2D eigenvalue weighted by atomic mass is 79.9. The molecular weight excluding hydrogens is 292 g/mol. The second-order valence-corrected chi connectivity index (χ2v) is 5.94. The van der Waals surface area contributed by atoms with Gasteiger partial charge in [0.1, 0.15) is 5.75 Å². The van der Waals surface area contributed by atoms with Crippen LogP contribution < -0.4 is 10.5 Å². The Balaban J connectivity index is 2.03. The van der Waals surface area contributed by atoms with Crippen LogP contribution in [0.2, 0.25) is 0 Å². The van der Waals surface area contributed by atoms with Gasteiger partial charge in [0.15, 0.2) is 0 Å². The van der Waals surface area contributed by atoms with Gasteiger partial charge in [-0.1, -0.05) is 6.07 Å². The first-order chi connectivity index (χ1) is 8.63. The lowest BCUT2D eigenvalue weighted by Gasteiger charge is -2.21. The van der Waals surface area contributed by atoms with Crippen LogP contribution in [0.25, 0.3) is 0 Å². The summed E-state index contributed by atoms with van der Waals surface area (Å²) < 4.78 is 6.27. The predicted octanol–water partition coefficient (Wildman–Crippen LogP) is 2.63. The summed E-state index contributed by atoms with van der Waals surface area (Å²) in [6, 6.07) is 6.91. The van der Waals surface area contributed by atoms with Crippen molar-refractivity contribution >= 4 is 15.9 Å². The lowest BCUT2D eigenvalue weighted by Crippen LogP contribution is -2.27. The summed E-state index contributed by atoms with van der Waals surface area (Å²) in [5, 5.41) is 0. The lowest BCUT2D eigenvalue weighted by atomic mass is 10.1. The van der Waals surface area contributed by atoms with Gasteiger partial charge in [-0.15, -0.1) is 0 Å². The first-order valence-electron chi connectivity index (χ1n) is 6.40. The highest BCUT2D eigenvalue weighted by Crippen LogP contribution is 2.28. The summed E-state index contributed by atoms with van der Waals surface area (Å²) >= 11 is 3.53. The topological polar surface area (TPSA) is 38.5 Å². The van der Waals surface area contributed by atoms with Crippen LogP contribution in [0.15, 0.2) is 22.7 Å². The number of hydrogen-bond donors (Lipinski definition) is 1. The predicted molar refractivity (Wildman–Crippen MR) is 77.7 cm³/mol. The van der Waals surface area contributed by atoms with Gasteiger partial charge >= 0.3 is 0 Å². The number of likely N-dealkylation sites (tertiary alicyclic amines) is 1. The minimum absolute atomic E-state index is 0.624. The number of rotatable bonds is 4. The second kappa shape index (κ2) is 6.04. The smallest absolute Gasteiger partial charge is 0.133 e. The number of methoxy groups -OCH3 is 1. The van der Waals surface area contributed by atoms with Crippen LogP contribution in [-0.4, -0.2) is 31.1 Å². The van der Waals surface area contributed by atoms with Crippen LogP contribution in [0.1, 0.15) is 18.9 Å². The molecule has 2 N–H and O–H groups in total. The van der Waals surface area contributed by atoms with Crippen LogP contribution in [0.4, 0.5) is 0 Å². The van der Waals surface area contributed by atoms with Crippen molar-refractivity contribution in [2.75, 3.05) is 20.2 Å². The molecule has 0 radical (unpaired) electrons. The van der Waals surface area contributed by atoms with Crippen molar-refractivity contribution < 1.29 is 4.74 Å². The molecule has 1 saturated heterocycles. The van der Waals surface area contributed by atoms with E-state index < -0.39 is 0 Å². The zero-order valence-corrected chi connectivity index (χ0v) is 12.6. The van der Waals surface area contributed by atoms with E-state index in [2.05, 4.69) is 39.9 Å². The summed E-state index contributed by atoms with van der Waals surface area (Å²) in [5.41, 5.74) is 7.08. The highest BCUT2D eigenvalue weighted by Gasteiger charge is 2.27. The molecule has 1 heterocycles. The highest BCUT2D eigenvalue weighted by molar-refractivity contribution is 9.10. The van der Waals surface area contributed by atoms with E-state index in [0.717, 1.165) is 29.9 Å². The molecule has 0 aromatic heterocycles. The molecule has 2 unspecified atom stereocenters. The fourth-order valence-electron chi connectivity index (χ4n) is 2.65. The van der Waals surface area contributed by atoms with E-state index in [-0.39, 0.29) is 0 Å². The van der Waals surface area contributed by atoms with E-state index in [1.54, 1.807) is 7.11 Å². The number of nitrogens with zero attached hydrogens (tertiary/aromatic N) is 1. The summed E-state index contributed by atoms with van der Waals surface area (Å²) in [6.45, 7) is 5.18. The standard InChI is InChI=1S/C14H21BrN2O/c1-10-5-12(7-16)9-17(10)8-11-3-4-14(18-2)13(15)6-11/h3-4,6,10,12H,5,7-9,16H2,1-2H3. The normalized spacial score (nSPS) is 24.4. The molecule has 2 atom stereocenters. The number of benzene rings is 1. The molecule has 100 valence electrons. The maximum absolute atomic E-state index is 5.76. The van der Waals surface area contributed by atoms with Crippen LogP contribution >= 0.6 is 15.9 Å². The van der Waals surface area contributed by atoms with Crippen molar-refractivity contribution in [2.45, 2.75) is 25.9 Å². The third kappa shape index (κ3) is 3.05. The van der Waals surface area contributed by atoms with Gasteiger partial charge in [0.05, 0.1) is 11.6 Å². The molecule has 0 bridgehead atoms. The van der Waals surface area contributed by atoms with Gasteiger partial charge in [-0.2, -0.15) is 0 Å². The third-order valence-electron chi connectivity index (χ3n) is 3.73. The van der Waals surface area contributed by atoms with Crippen LogP contribution in [0.5, 0.6) is 5.75 Å². The zero-order valence-electron chi connectivity index (χ0n) is 11.0. The van der Waals surface area contributed by atoms with Gasteiger partial charge in [-0.25, -0.2) is 0 Å². The molecule has 3 nitrogen and oxygen atoms in total. The molecule has 4 heteroatoms. The van der Waals surface area contributed by atoms with Gasteiger partial charge in [-0.3, -0.25) is 4.90 Å². The molecule has 1 aliphatic rings. The van der Waals surface area contributed by atoms with Crippen LogP contribution in [0.3, 0.4) is 0 Å². The maximum atomic E-state index is 5.76. The Morgan fingerprint density at radius 3 is 2.83 bits per heavy atom. The Bertz CT molecular complexity index is 411. The van der Waals surface area contributed by atoms with Crippen molar-refractivity contribution in [3.8, 4) is 5.75 Å². The summed E-state index contributed by atoms with van der Waals surface area (Å²) in [6.07, 6.45) is 1.22. The van der Waals surface area contributed by atoms with E-state index in [0.29, 0.717) is 12.0 Å². The minimum Gasteiger partial charge on any atom is -0.496 e. The molecule has 2 rings (SSSR count). The largest absolute Gasteiger partial charge is 0.496 e. The van der Waals surface area contributed by atoms with E-state index in [4.69, 9.17) is 10.5 Å². The molecule has 0 saturated carbocycles. The van der Waals surface area contributed by atoms with Crippen LogP contribution in [-0.2, 0) is 6.54 Å². The van der Waals surface area contributed by atoms with Crippen LogP contribution in [0, 0.1) is 5.92 Å². The molecular formula is C14H21BrN2O. The molecule has 1 aliphatic heterocycles. The minimum atomic E-state index is 0.624. The molecule has 0 aliphatic carbocycles. The second-order valence-electron chi connectivity index (χ2n) is 5.08. The Labute approximate surface area is 117 Å². The van der Waals surface area contributed by atoms with E-state index >= 15 is 0 Å². The lowest BCUT2D eigenvalue weighted by molar-refractivity contribution is 0.256. The van der Waals surface area contributed by atoms with Crippen molar-refractivity contribution in [1.29, 1.82) is 0 Å². The Morgan fingerprint density at radius 1 is 1.50 bits per heavy atom. The third-order valence-corrected chi connectivity index (χ3v) is 4.35. The number of ether oxygens (including phenoxy) is 1. The maximum Gasteiger partial charge on any atom is 0.133 e. The quantitative estimate of drug-likeness (QED) is 0.929. The van der Waals surface area contributed by atoms with Gasteiger partial charge in [0.2, 0.25) is 0 Å². The molecule has 0 amide bonds. The number of nitrogens with two attached hydrogens (primary N) is 1. The van der Waals surface area contributed by atoms with Gasteiger partial charge in [0, 0.05) is 19.1 Å². The van der Waals surface area contributed by atoms with Gasteiger partial charge < -0.3 is 10.5 Å². The van der Waals surface area contributed by atoms with Crippen molar-refractivity contribution in [3.05, 3.63) is 28.2 Å². The fraction of sp³-hybridized carbons (Fsp3) is 0.571. The van der Waals surface area contributed by atoms with Gasteiger partial charge in [-0.05, 0) is 59.4 Å². The fourth-order valence-corrected chi connectivity index (χ4v) is 3.24. The van der Waals surface area contributed by atoms with Crippen molar-refractivity contribution in [3.63, 3.8) is 0 Å². The van der Waals surface area contributed by atoms with Crippen molar-refractivity contribution in [2.24, 2.45) is 11.7 Å². The molecule has 1 aromatic rings. The van der Waals surface area contributed by atoms with E-state index in [1.165, 1.54) is 12.0 Å². The number of halogens is 1. The SMILES string of the molecule is COc1ccc(CN2CC(CN)CC2C)cc1Br. The molecule has 1 aromatic carbocycles. The first-order valence-corrected chi connectivity index (χ1v) is 7.20. The van der Waals surface area contributed by atoms with E-state index in [1.807, 2.05) is 6.07 Å². The Kier molecular flexibility index (Phi) is 4.65. The number of hydrogen-bond acceptors (Lipinski definition) is 3. The average Bonchev–Trinajstić information content (AvgIpc) is 2.70. The summed E-state index contributed by atoms with van der Waals surface area (Å²) in [4.78, 5) is 2.51. The molecule has 1 fully saturated rings. The Morgan fingerprint density at radius 2 is 2.28 bits per heavy atom. The Hall–Kier alpha value is -0.580. The average molecular weight is 313 g/mol. The van der Waals surface area contributed by atoms with E-state index in [9.17, 15) is 0 Å². The first kappa shape index (κ1) is 13.8. The van der Waals surface area contributed by atoms with Crippen molar-refractivity contribution in [1.82, 2.24) is 4.90 Å². The van der Waals surface area contributed by atoms with Gasteiger partial charge in [0.25, 0.3) is 0 Å². The molecule has 0 spiro atoms. The monoisotopic (exact) mass is 312 g/mol. The summed E-state index contributed by atoms with van der Waals surface area (Å²) in [7, 11) is 1.69. The molecule has 18 heavy (non-hydrogen) atoms.